The maximum absolute atomic E-state index is 11.9. The Morgan fingerprint density at radius 1 is 1.33 bits per heavy atom. The van der Waals surface area contributed by atoms with E-state index in [0.29, 0.717) is 6.54 Å². The smallest absolute Gasteiger partial charge is 0.144 e. The van der Waals surface area contributed by atoms with Crippen LogP contribution < -0.4 is 5.73 Å². The lowest BCUT2D eigenvalue weighted by Crippen LogP contribution is -2.25. The molecule has 3 heteroatoms. The molecule has 1 rings (SSSR count). The molecule has 2 N–H and O–H groups in total. The molecule has 0 heterocycles. The van der Waals surface area contributed by atoms with Crippen molar-refractivity contribution >= 4 is 21.7 Å². The molecule has 0 spiro atoms. The van der Waals surface area contributed by atoms with Gasteiger partial charge in [-0.05, 0) is 17.7 Å². The summed E-state index contributed by atoms with van der Waals surface area (Å²) < 4.78 is 1.01. The summed E-state index contributed by atoms with van der Waals surface area (Å²) in [6, 6.07) is 7.76. The summed E-state index contributed by atoms with van der Waals surface area (Å²) in [6.45, 7) is 4.19. The summed E-state index contributed by atoms with van der Waals surface area (Å²) in [5, 5.41) is 0. The highest BCUT2D eigenvalue weighted by molar-refractivity contribution is 9.10. The third-order valence-corrected chi connectivity index (χ3v) is 2.95. The van der Waals surface area contributed by atoms with E-state index in [-0.39, 0.29) is 17.6 Å². The predicted molar refractivity (Wildman–Crippen MR) is 65.8 cm³/mol. The number of ketones is 1. The van der Waals surface area contributed by atoms with Crippen LogP contribution in [0.3, 0.4) is 0 Å². The average Bonchev–Trinajstić information content (AvgIpc) is 2.21. The van der Waals surface area contributed by atoms with Crippen LogP contribution in [0, 0.1) is 5.92 Å². The molecule has 1 aromatic carbocycles. The quantitative estimate of drug-likeness (QED) is 0.914. The first-order valence-corrected chi connectivity index (χ1v) is 5.84. The molecule has 0 bridgehead atoms. The first-order valence-electron chi connectivity index (χ1n) is 5.05. The number of halogens is 1. The second kappa shape index (κ2) is 5.42. The van der Waals surface area contributed by atoms with Crippen molar-refractivity contribution < 1.29 is 4.79 Å². The van der Waals surface area contributed by atoms with Crippen LogP contribution in [0.15, 0.2) is 28.7 Å². The summed E-state index contributed by atoms with van der Waals surface area (Å²) in [7, 11) is 0. The Balaban J connectivity index is 2.92. The molecule has 0 aliphatic carbocycles. The van der Waals surface area contributed by atoms with E-state index in [1.807, 2.05) is 38.1 Å². The van der Waals surface area contributed by atoms with Crippen LogP contribution >= 0.6 is 15.9 Å². The van der Waals surface area contributed by atoms with Crippen LogP contribution in [0.1, 0.15) is 25.3 Å². The summed E-state index contributed by atoms with van der Waals surface area (Å²) in [4.78, 5) is 11.9. The van der Waals surface area contributed by atoms with Crippen LogP contribution in [0.25, 0.3) is 0 Å². The van der Waals surface area contributed by atoms with Gasteiger partial charge in [-0.15, -0.1) is 0 Å². The van der Waals surface area contributed by atoms with Gasteiger partial charge in [0, 0.05) is 16.9 Å². The van der Waals surface area contributed by atoms with E-state index in [9.17, 15) is 4.79 Å². The predicted octanol–water partition coefficient (Wildman–Crippen LogP) is 2.72. The van der Waals surface area contributed by atoms with Crippen molar-refractivity contribution in [1.29, 1.82) is 0 Å². The minimum atomic E-state index is -0.168. The summed E-state index contributed by atoms with van der Waals surface area (Å²) in [5.74, 6) is 0.0696. The molecule has 0 saturated carbocycles. The Morgan fingerprint density at radius 2 is 1.87 bits per heavy atom. The minimum absolute atomic E-state index is 0.0298. The van der Waals surface area contributed by atoms with Crippen molar-refractivity contribution in [2.45, 2.75) is 19.8 Å². The largest absolute Gasteiger partial charge is 0.329 e. The van der Waals surface area contributed by atoms with Gasteiger partial charge < -0.3 is 5.73 Å². The monoisotopic (exact) mass is 269 g/mol. The molecular weight excluding hydrogens is 254 g/mol. The van der Waals surface area contributed by atoms with Gasteiger partial charge >= 0.3 is 0 Å². The van der Waals surface area contributed by atoms with Gasteiger partial charge in [-0.1, -0.05) is 41.9 Å². The van der Waals surface area contributed by atoms with Gasteiger partial charge in [-0.25, -0.2) is 0 Å². The fraction of sp³-hybridized carbons (Fsp3) is 0.417. The standard InChI is InChI=1S/C12H16BrNO/c1-8(2)12(15)11(7-14)9-3-5-10(13)6-4-9/h3-6,8,11H,7,14H2,1-2H3/t11-/m1/s1. The van der Waals surface area contributed by atoms with E-state index in [2.05, 4.69) is 15.9 Å². The Kier molecular flexibility index (Phi) is 4.48. The van der Waals surface area contributed by atoms with E-state index in [1.165, 1.54) is 0 Å². The maximum Gasteiger partial charge on any atom is 0.144 e. The van der Waals surface area contributed by atoms with Gasteiger partial charge in [0.15, 0.2) is 0 Å². The third kappa shape index (κ3) is 3.14. The molecule has 0 saturated heterocycles. The second-order valence-corrected chi connectivity index (χ2v) is 4.81. The molecule has 82 valence electrons. The van der Waals surface area contributed by atoms with Crippen LogP contribution in [-0.4, -0.2) is 12.3 Å². The summed E-state index contributed by atoms with van der Waals surface area (Å²) in [6.07, 6.45) is 0. The van der Waals surface area contributed by atoms with Crippen molar-refractivity contribution in [1.82, 2.24) is 0 Å². The first kappa shape index (κ1) is 12.4. The number of carbonyl (C=O) groups excluding carboxylic acids is 1. The van der Waals surface area contributed by atoms with Gasteiger partial charge in [0.05, 0.1) is 5.92 Å². The minimum Gasteiger partial charge on any atom is -0.329 e. The zero-order valence-electron chi connectivity index (χ0n) is 9.03. The molecule has 0 amide bonds. The fourth-order valence-electron chi connectivity index (χ4n) is 1.51. The maximum atomic E-state index is 11.9. The van der Waals surface area contributed by atoms with Gasteiger partial charge in [0.1, 0.15) is 5.78 Å². The van der Waals surface area contributed by atoms with Crippen molar-refractivity contribution in [3.05, 3.63) is 34.3 Å². The molecule has 1 aromatic rings. The number of carbonyl (C=O) groups is 1. The zero-order chi connectivity index (χ0) is 11.4. The van der Waals surface area contributed by atoms with Crippen molar-refractivity contribution in [3.8, 4) is 0 Å². The zero-order valence-corrected chi connectivity index (χ0v) is 10.6. The van der Waals surface area contributed by atoms with Crippen LogP contribution in [-0.2, 0) is 4.79 Å². The number of hydrogen-bond donors (Lipinski definition) is 1. The third-order valence-electron chi connectivity index (χ3n) is 2.42. The molecule has 0 aliphatic rings. The van der Waals surface area contributed by atoms with Crippen LogP contribution in [0.5, 0.6) is 0 Å². The molecule has 0 aromatic heterocycles. The van der Waals surface area contributed by atoms with Crippen LogP contribution in [0.4, 0.5) is 0 Å². The molecule has 0 radical (unpaired) electrons. The number of Topliss-reactive ketones (excluding diaryl/α,β-unsaturated/α-hetero) is 1. The number of benzene rings is 1. The number of hydrogen-bond acceptors (Lipinski definition) is 2. The van der Waals surface area contributed by atoms with E-state index in [1.54, 1.807) is 0 Å². The van der Waals surface area contributed by atoms with E-state index >= 15 is 0 Å². The Bertz CT molecular complexity index is 332. The highest BCUT2D eigenvalue weighted by Gasteiger charge is 2.21. The van der Waals surface area contributed by atoms with Gasteiger partial charge in [0.25, 0.3) is 0 Å². The second-order valence-electron chi connectivity index (χ2n) is 3.90. The molecule has 15 heavy (non-hydrogen) atoms. The summed E-state index contributed by atoms with van der Waals surface area (Å²) in [5.41, 5.74) is 6.65. The van der Waals surface area contributed by atoms with Gasteiger partial charge in [0.2, 0.25) is 0 Å². The normalized spacial score (nSPS) is 12.9. The number of nitrogens with two attached hydrogens (primary N) is 1. The lowest BCUT2D eigenvalue weighted by atomic mass is 9.89. The fourth-order valence-corrected chi connectivity index (χ4v) is 1.78. The van der Waals surface area contributed by atoms with E-state index in [4.69, 9.17) is 5.73 Å². The highest BCUT2D eigenvalue weighted by atomic mass is 79.9. The Labute approximate surface area is 99.0 Å². The summed E-state index contributed by atoms with van der Waals surface area (Å²) >= 11 is 3.37. The molecule has 2 nitrogen and oxygen atoms in total. The first-order chi connectivity index (χ1) is 7.06. The Hall–Kier alpha value is -0.670. The highest BCUT2D eigenvalue weighted by Crippen LogP contribution is 2.21. The SMILES string of the molecule is CC(C)C(=O)[C@H](CN)c1ccc(Br)cc1. The topological polar surface area (TPSA) is 43.1 Å². The molecule has 0 fully saturated rings. The van der Waals surface area contributed by atoms with Gasteiger partial charge in [-0.2, -0.15) is 0 Å². The Morgan fingerprint density at radius 3 is 2.27 bits per heavy atom. The molecule has 0 aliphatic heterocycles. The lowest BCUT2D eigenvalue weighted by Gasteiger charge is -2.16. The average molecular weight is 270 g/mol. The van der Waals surface area contributed by atoms with Crippen molar-refractivity contribution in [3.63, 3.8) is 0 Å². The molecule has 1 atom stereocenters. The lowest BCUT2D eigenvalue weighted by molar-refractivity contribution is -0.123. The van der Waals surface area contributed by atoms with E-state index in [0.717, 1.165) is 10.0 Å². The van der Waals surface area contributed by atoms with Crippen LogP contribution in [0.2, 0.25) is 0 Å². The van der Waals surface area contributed by atoms with Gasteiger partial charge in [-0.3, -0.25) is 4.79 Å². The molecular formula is C12H16BrNO. The van der Waals surface area contributed by atoms with Crippen molar-refractivity contribution in [2.24, 2.45) is 11.7 Å². The number of rotatable bonds is 4. The molecule has 0 unspecified atom stereocenters. The van der Waals surface area contributed by atoms with Crippen molar-refractivity contribution in [2.75, 3.05) is 6.54 Å². The van der Waals surface area contributed by atoms with E-state index < -0.39 is 0 Å².